The van der Waals surface area contributed by atoms with Crippen molar-refractivity contribution in [2.45, 2.75) is 26.0 Å². The molecule has 1 aliphatic heterocycles. The zero-order chi connectivity index (χ0) is 25.6. The van der Waals surface area contributed by atoms with E-state index >= 15 is 0 Å². The van der Waals surface area contributed by atoms with Crippen molar-refractivity contribution in [1.29, 1.82) is 0 Å². The van der Waals surface area contributed by atoms with E-state index in [2.05, 4.69) is 89.8 Å². The summed E-state index contributed by atoms with van der Waals surface area (Å²) in [5, 5.41) is 15.6. The number of piperidine rings is 1. The zero-order valence-corrected chi connectivity index (χ0v) is 20.8. The Hall–Kier alpha value is -3.78. The van der Waals surface area contributed by atoms with Gasteiger partial charge in [-0.2, -0.15) is 0 Å². The first kappa shape index (κ1) is 29.5. The predicted octanol–water partition coefficient (Wildman–Crippen LogP) is 4.67. The molecular formula is C30H35NO6. The summed E-state index contributed by atoms with van der Waals surface area (Å²) in [4.78, 5) is 21.7. The monoisotopic (exact) mass is 505 g/mol. The molecule has 1 aliphatic rings. The molecule has 0 spiro atoms. The van der Waals surface area contributed by atoms with Crippen LogP contribution in [0.4, 0.5) is 0 Å². The van der Waals surface area contributed by atoms with E-state index in [0.717, 1.165) is 13.2 Å². The number of benzene rings is 3. The van der Waals surface area contributed by atoms with Gasteiger partial charge in [-0.15, -0.1) is 0 Å². The molecule has 0 aliphatic carbocycles. The number of aliphatic carboxylic acids is 2. The van der Waals surface area contributed by atoms with Crippen LogP contribution in [0.15, 0.2) is 97.1 Å². The van der Waals surface area contributed by atoms with E-state index in [1.165, 1.54) is 48.2 Å². The van der Waals surface area contributed by atoms with E-state index < -0.39 is 11.9 Å². The molecule has 7 heteroatoms. The van der Waals surface area contributed by atoms with Crippen molar-refractivity contribution < 1.29 is 30.0 Å². The average molecular weight is 506 g/mol. The second-order valence-electron chi connectivity index (χ2n) is 8.79. The van der Waals surface area contributed by atoms with Gasteiger partial charge in [-0.25, -0.2) is 9.59 Å². The molecule has 0 bridgehead atoms. The van der Waals surface area contributed by atoms with Gasteiger partial charge in [0.15, 0.2) is 0 Å². The Labute approximate surface area is 218 Å². The van der Waals surface area contributed by atoms with Gasteiger partial charge in [0, 0.05) is 25.3 Å². The Kier molecular flexibility index (Phi) is 12.8. The van der Waals surface area contributed by atoms with E-state index in [4.69, 9.17) is 14.9 Å². The van der Waals surface area contributed by atoms with Gasteiger partial charge in [0.1, 0.15) is 0 Å². The fourth-order valence-electron chi connectivity index (χ4n) is 4.06. The number of likely N-dealkylation sites (tertiary alicyclic amines) is 1. The van der Waals surface area contributed by atoms with Crippen molar-refractivity contribution in [2.75, 3.05) is 19.7 Å². The molecule has 4 rings (SSSR count). The summed E-state index contributed by atoms with van der Waals surface area (Å²) in [7, 11) is 0. The van der Waals surface area contributed by atoms with Crippen LogP contribution in [0.2, 0.25) is 0 Å². The summed E-state index contributed by atoms with van der Waals surface area (Å²) in [6.45, 7) is 5.00. The minimum absolute atomic E-state index is 0. The quantitative estimate of drug-likeness (QED) is 0.408. The Balaban J connectivity index is 0.000000467. The maximum absolute atomic E-state index is 9.55. The first-order valence-corrected chi connectivity index (χ1v) is 12.1. The lowest BCUT2D eigenvalue weighted by Crippen LogP contribution is -2.34. The summed E-state index contributed by atoms with van der Waals surface area (Å²) >= 11 is 0. The van der Waals surface area contributed by atoms with Crippen molar-refractivity contribution in [2.24, 2.45) is 5.92 Å². The van der Waals surface area contributed by atoms with Crippen LogP contribution in [0.25, 0.3) is 11.1 Å². The number of rotatable bonds is 9. The smallest absolute Gasteiger partial charge is 0.328 e. The summed E-state index contributed by atoms with van der Waals surface area (Å²) in [5.41, 5.74) is 5.18. The number of carboxylic acid groups (broad SMARTS) is 2. The number of hydrogen-bond donors (Lipinski definition) is 2. The van der Waals surface area contributed by atoms with E-state index in [0.29, 0.717) is 24.7 Å². The number of carboxylic acids is 2. The van der Waals surface area contributed by atoms with Crippen LogP contribution in [-0.4, -0.2) is 52.2 Å². The Morgan fingerprint density at radius 2 is 1.27 bits per heavy atom. The van der Waals surface area contributed by atoms with Gasteiger partial charge in [-0.1, -0.05) is 84.9 Å². The minimum atomic E-state index is -1.26. The highest BCUT2D eigenvalue weighted by molar-refractivity contribution is 5.89. The molecule has 0 atom stereocenters. The Bertz CT molecular complexity index is 1080. The molecule has 0 amide bonds. The van der Waals surface area contributed by atoms with Crippen LogP contribution in [0.5, 0.6) is 0 Å². The fourth-order valence-corrected chi connectivity index (χ4v) is 4.06. The highest BCUT2D eigenvalue weighted by Crippen LogP contribution is 2.21. The van der Waals surface area contributed by atoms with Crippen LogP contribution >= 0.6 is 0 Å². The molecule has 0 aromatic heterocycles. The van der Waals surface area contributed by atoms with Crippen LogP contribution in [0.1, 0.15) is 24.0 Å². The molecule has 3 aromatic carbocycles. The number of hydrogen-bond acceptors (Lipinski definition) is 4. The van der Waals surface area contributed by atoms with E-state index in [1.807, 2.05) is 0 Å². The van der Waals surface area contributed by atoms with Gasteiger partial charge in [-0.3, -0.25) is 4.90 Å². The van der Waals surface area contributed by atoms with Gasteiger partial charge in [0.05, 0.1) is 6.61 Å². The van der Waals surface area contributed by atoms with Crippen molar-refractivity contribution in [3.8, 4) is 11.1 Å². The van der Waals surface area contributed by atoms with Crippen LogP contribution in [-0.2, 0) is 27.5 Å². The Morgan fingerprint density at radius 1 is 0.757 bits per heavy atom. The second-order valence-corrected chi connectivity index (χ2v) is 8.79. The van der Waals surface area contributed by atoms with E-state index in [1.54, 1.807) is 0 Å². The normalized spacial score (nSPS) is 13.8. The van der Waals surface area contributed by atoms with Gasteiger partial charge < -0.3 is 20.4 Å². The SMILES string of the molecule is O.O=C(O)/C=C\C(=O)O.c1ccc(CN2CCC(COCc3ccc(-c4ccccc4)cc3)CC2)cc1. The van der Waals surface area contributed by atoms with Gasteiger partial charge in [0.2, 0.25) is 0 Å². The zero-order valence-electron chi connectivity index (χ0n) is 20.8. The summed E-state index contributed by atoms with van der Waals surface area (Å²) in [5.74, 6) is -1.82. The maximum Gasteiger partial charge on any atom is 0.328 e. The summed E-state index contributed by atoms with van der Waals surface area (Å²) in [6, 6.07) is 30.0. The molecular weight excluding hydrogens is 470 g/mol. The van der Waals surface area contributed by atoms with Crippen molar-refractivity contribution in [3.63, 3.8) is 0 Å². The van der Waals surface area contributed by atoms with E-state index in [9.17, 15) is 9.59 Å². The third-order valence-corrected chi connectivity index (χ3v) is 6.01. The average Bonchev–Trinajstić information content (AvgIpc) is 2.90. The first-order valence-electron chi connectivity index (χ1n) is 12.1. The van der Waals surface area contributed by atoms with Crippen molar-refractivity contribution in [1.82, 2.24) is 4.90 Å². The standard InChI is InChI=1S/C26H29NO.C4H4O4.H2O/c1-3-7-22(8-4-1)19-27-17-15-24(16-18-27)21-28-20-23-11-13-26(14-12-23)25-9-5-2-6-10-25;5-3(6)1-2-4(7)8;/h1-14,24H,15-21H2;1-2H,(H,5,6)(H,7,8);1H2/b;2-1-;. The van der Waals surface area contributed by atoms with Gasteiger partial charge >= 0.3 is 11.9 Å². The predicted molar refractivity (Wildman–Crippen MR) is 144 cm³/mol. The topological polar surface area (TPSA) is 119 Å². The van der Waals surface area contributed by atoms with Gasteiger partial charge in [-0.05, 0) is 54.1 Å². The minimum Gasteiger partial charge on any atom is -0.478 e. The second kappa shape index (κ2) is 16.1. The lowest BCUT2D eigenvalue weighted by Gasteiger charge is -2.31. The largest absolute Gasteiger partial charge is 0.478 e. The third kappa shape index (κ3) is 11.2. The summed E-state index contributed by atoms with van der Waals surface area (Å²) < 4.78 is 6.04. The third-order valence-electron chi connectivity index (χ3n) is 6.01. The lowest BCUT2D eigenvalue weighted by molar-refractivity contribution is -0.134. The molecule has 1 fully saturated rings. The van der Waals surface area contributed by atoms with Crippen LogP contribution < -0.4 is 0 Å². The molecule has 0 unspecified atom stereocenters. The van der Waals surface area contributed by atoms with Crippen molar-refractivity contribution in [3.05, 3.63) is 108 Å². The maximum atomic E-state index is 9.55. The van der Waals surface area contributed by atoms with Crippen molar-refractivity contribution >= 4 is 11.9 Å². The van der Waals surface area contributed by atoms with E-state index in [-0.39, 0.29) is 5.48 Å². The Morgan fingerprint density at radius 3 is 1.81 bits per heavy atom. The number of ether oxygens (including phenoxy) is 1. The molecule has 1 heterocycles. The first-order chi connectivity index (χ1) is 17.5. The molecule has 0 saturated carbocycles. The van der Waals surface area contributed by atoms with Crippen LogP contribution in [0, 0.1) is 5.92 Å². The molecule has 0 radical (unpaired) electrons. The molecule has 1 saturated heterocycles. The number of nitrogens with zero attached hydrogens (tertiary/aromatic N) is 1. The molecule has 7 nitrogen and oxygen atoms in total. The molecule has 196 valence electrons. The molecule has 4 N–H and O–H groups in total. The molecule has 3 aromatic rings. The highest BCUT2D eigenvalue weighted by Gasteiger charge is 2.19. The fraction of sp³-hybridized carbons (Fsp3) is 0.267. The van der Waals surface area contributed by atoms with Crippen LogP contribution in [0.3, 0.4) is 0 Å². The number of carbonyl (C=O) groups is 2. The highest BCUT2D eigenvalue weighted by atomic mass is 16.5. The van der Waals surface area contributed by atoms with Gasteiger partial charge in [0.25, 0.3) is 0 Å². The molecule has 37 heavy (non-hydrogen) atoms. The lowest BCUT2D eigenvalue weighted by atomic mass is 9.97. The summed E-state index contributed by atoms with van der Waals surface area (Å²) in [6.07, 6.45) is 3.59.